The van der Waals surface area contributed by atoms with Crippen molar-refractivity contribution in [1.82, 2.24) is 4.90 Å². The van der Waals surface area contributed by atoms with E-state index in [2.05, 4.69) is 5.32 Å². The number of carbonyl (C=O) groups excluding carboxylic acids is 2. The van der Waals surface area contributed by atoms with Gasteiger partial charge in [0.15, 0.2) is 11.5 Å². The lowest BCUT2D eigenvalue weighted by molar-refractivity contribution is -0.132. The van der Waals surface area contributed by atoms with Crippen LogP contribution in [0.15, 0.2) is 42.5 Å². The smallest absolute Gasteiger partial charge is 0.227 e. The molecule has 7 nitrogen and oxygen atoms in total. The number of anilines is 1. The first-order valence-corrected chi connectivity index (χ1v) is 9.56. The standard InChI is InChI=1S/C22H26N2O5/c1-15(25)24-12-10-16(11-13-24)22(26)23-17-4-9-20(28-3)21(14-17)29-19-7-5-18(27-2)6-8-19/h4-9,14,16H,10-13H2,1-3H3,(H,23,26). The van der Waals surface area contributed by atoms with Gasteiger partial charge < -0.3 is 24.4 Å². The van der Waals surface area contributed by atoms with Crippen LogP contribution in [-0.2, 0) is 9.59 Å². The van der Waals surface area contributed by atoms with E-state index in [0.29, 0.717) is 48.9 Å². The minimum absolute atomic E-state index is 0.0474. The lowest BCUT2D eigenvalue weighted by Gasteiger charge is -2.30. The number of likely N-dealkylation sites (tertiary alicyclic amines) is 1. The summed E-state index contributed by atoms with van der Waals surface area (Å²) in [6, 6.07) is 12.5. The Morgan fingerprint density at radius 2 is 1.59 bits per heavy atom. The van der Waals surface area contributed by atoms with Gasteiger partial charge in [-0.2, -0.15) is 0 Å². The van der Waals surface area contributed by atoms with Crippen LogP contribution < -0.4 is 19.5 Å². The van der Waals surface area contributed by atoms with Crippen LogP contribution in [0.4, 0.5) is 5.69 Å². The van der Waals surface area contributed by atoms with Crippen LogP contribution in [0.1, 0.15) is 19.8 Å². The number of hydrogen-bond acceptors (Lipinski definition) is 5. The van der Waals surface area contributed by atoms with Crippen molar-refractivity contribution in [2.45, 2.75) is 19.8 Å². The fourth-order valence-corrected chi connectivity index (χ4v) is 3.31. The zero-order valence-corrected chi connectivity index (χ0v) is 16.9. The average Bonchev–Trinajstić information content (AvgIpc) is 2.74. The van der Waals surface area contributed by atoms with E-state index in [1.807, 2.05) is 0 Å². The summed E-state index contributed by atoms with van der Waals surface area (Å²) in [5, 5.41) is 2.95. The summed E-state index contributed by atoms with van der Waals surface area (Å²) < 4.78 is 16.5. The number of ether oxygens (including phenoxy) is 3. The normalized spacial score (nSPS) is 14.2. The number of benzene rings is 2. The zero-order valence-electron chi connectivity index (χ0n) is 16.9. The Balaban J connectivity index is 1.67. The highest BCUT2D eigenvalue weighted by Crippen LogP contribution is 2.35. The molecule has 0 radical (unpaired) electrons. The lowest BCUT2D eigenvalue weighted by Crippen LogP contribution is -2.40. The van der Waals surface area contributed by atoms with Crippen molar-refractivity contribution in [1.29, 1.82) is 0 Å². The van der Waals surface area contributed by atoms with E-state index in [0.717, 1.165) is 5.75 Å². The Kier molecular flexibility index (Phi) is 6.59. The molecule has 3 rings (SSSR count). The summed E-state index contributed by atoms with van der Waals surface area (Å²) in [6.07, 6.45) is 1.33. The highest BCUT2D eigenvalue weighted by atomic mass is 16.5. The van der Waals surface area contributed by atoms with Crippen molar-refractivity contribution in [3.8, 4) is 23.0 Å². The second-order valence-corrected chi connectivity index (χ2v) is 6.91. The number of hydrogen-bond donors (Lipinski definition) is 1. The number of methoxy groups -OCH3 is 2. The maximum Gasteiger partial charge on any atom is 0.227 e. The second kappa shape index (κ2) is 9.32. The molecule has 0 unspecified atom stereocenters. The molecule has 0 bridgehead atoms. The summed E-state index contributed by atoms with van der Waals surface area (Å²) in [5.41, 5.74) is 0.633. The van der Waals surface area contributed by atoms with Crippen molar-refractivity contribution in [3.05, 3.63) is 42.5 Å². The Labute approximate surface area is 170 Å². The number of piperidine rings is 1. The minimum atomic E-state index is -0.112. The van der Waals surface area contributed by atoms with E-state index in [1.54, 1.807) is 68.5 Å². The van der Waals surface area contributed by atoms with Gasteiger partial charge in [0.05, 0.1) is 14.2 Å². The molecule has 1 saturated heterocycles. The van der Waals surface area contributed by atoms with Gasteiger partial charge in [-0.25, -0.2) is 0 Å². The molecule has 1 N–H and O–H groups in total. The van der Waals surface area contributed by atoms with E-state index in [1.165, 1.54) is 0 Å². The van der Waals surface area contributed by atoms with Gasteiger partial charge in [-0.15, -0.1) is 0 Å². The molecular formula is C22H26N2O5. The third kappa shape index (κ3) is 5.19. The first-order valence-electron chi connectivity index (χ1n) is 9.56. The molecule has 1 fully saturated rings. The average molecular weight is 398 g/mol. The van der Waals surface area contributed by atoms with Crippen LogP contribution in [-0.4, -0.2) is 44.0 Å². The van der Waals surface area contributed by atoms with Crippen LogP contribution in [0, 0.1) is 5.92 Å². The Bertz CT molecular complexity index is 858. The third-order valence-corrected chi connectivity index (χ3v) is 5.03. The highest BCUT2D eigenvalue weighted by Gasteiger charge is 2.26. The summed E-state index contributed by atoms with van der Waals surface area (Å²) in [5.74, 6) is 2.33. The van der Waals surface area contributed by atoms with Gasteiger partial charge in [0.25, 0.3) is 0 Å². The van der Waals surface area contributed by atoms with E-state index in [9.17, 15) is 9.59 Å². The van der Waals surface area contributed by atoms with Crippen LogP contribution in [0.5, 0.6) is 23.0 Å². The molecular weight excluding hydrogens is 372 g/mol. The molecule has 0 aliphatic carbocycles. The molecule has 154 valence electrons. The lowest BCUT2D eigenvalue weighted by atomic mass is 9.96. The fraction of sp³-hybridized carbons (Fsp3) is 0.364. The van der Waals surface area contributed by atoms with Gasteiger partial charge in [-0.05, 0) is 49.2 Å². The molecule has 0 aromatic heterocycles. The molecule has 7 heteroatoms. The number of nitrogens with one attached hydrogen (secondary N) is 1. The van der Waals surface area contributed by atoms with Crippen LogP contribution >= 0.6 is 0 Å². The van der Waals surface area contributed by atoms with E-state index in [-0.39, 0.29) is 17.7 Å². The first-order chi connectivity index (χ1) is 14.0. The number of amides is 2. The molecule has 0 atom stereocenters. The molecule has 2 aromatic rings. The van der Waals surface area contributed by atoms with E-state index >= 15 is 0 Å². The zero-order chi connectivity index (χ0) is 20.8. The second-order valence-electron chi connectivity index (χ2n) is 6.91. The molecule has 1 aliphatic heterocycles. The maximum atomic E-state index is 12.6. The van der Waals surface area contributed by atoms with Crippen LogP contribution in [0.25, 0.3) is 0 Å². The molecule has 2 aromatic carbocycles. The quantitative estimate of drug-likeness (QED) is 0.803. The van der Waals surface area contributed by atoms with Gasteiger partial charge in [0, 0.05) is 37.7 Å². The molecule has 0 spiro atoms. The molecule has 0 saturated carbocycles. The summed E-state index contributed by atoms with van der Waals surface area (Å²) >= 11 is 0. The first kappa shape index (κ1) is 20.5. The van der Waals surface area contributed by atoms with Gasteiger partial charge in [0.2, 0.25) is 11.8 Å². The molecule has 2 amide bonds. The van der Waals surface area contributed by atoms with E-state index < -0.39 is 0 Å². The Morgan fingerprint density at radius 3 is 2.17 bits per heavy atom. The van der Waals surface area contributed by atoms with Gasteiger partial charge >= 0.3 is 0 Å². The molecule has 1 aliphatic rings. The minimum Gasteiger partial charge on any atom is -0.497 e. The van der Waals surface area contributed by atoms with Crippen molar-refractivity contribution < 1.29 is 23.8 Å². The largest absolute Gasteiger partial charge is 0.497 e. The SMILES string of the molecule is COc1ccc(Oc2cc(NC(=O)C3CCN(C(C)=O)CC3)ccc2OC)cc1. The van der Waals surface area contributed by atoms with Gasteiger partial charge in [-0.1, -0.05) is 0 Å². The van der Waals surface area contributed by atoms with Gasteiger partial charge in [0.1, 0.15) is 11.5 Å². The number of carbonyl (C=O) groups is 2. The molecule has 1 heterocycles. The number of nitrogens with zero attached hydrogens (tertiary/aromatic N) is 1. The predicted octanol–water partition coefficient (Wildman–Crippen LogP) is 3.69. The van der Waals surface area contributed by atoms with Crippen LogP contribution in [0.3, 0.4) is 0 Å². The van der Waals surface area contributed by atoms with Crippen molar-refractivity contribution in [2.24, 2.45) is 5.92 Å². The topological polar surface area (TPSA) is 77.1 Å². The summed E-state index contributed by atoms with van der Waals surface area (Å²) in [4.78, 5) is 25.9. The van der Waals surface area contributed by atoms with Crippen molar-refractivity contribution >= 4 is 17.5 Å². The third-order valence-electron chi connectivity index (χ3n) is 5.03. The molecule has 29 heavy (non-hydrogen) atoms. The summed E-state index contributed by atoms with van der Waals surface area (Å²) in [6.45, 7) is 2.78. The van der Waals surface area contributed by atoms with Crippen molar-refractivity contribution in [2.75, 3.05) is 32.6 Å². The van der Waals surface area contributed by atoms with E-state index in [4.69, 9.17) is 14.2 Å². The van der Waals surface area contributed by atoms with Crippen molar-refractivity contribution in [3.63, 3.8) is 0 Å². The monoisotopic (exact) mass is 398 g/mol. The Morgan fingerprint density at radius 1 is 0.931 bits per heavy atom. The summed E-state index contributed by atoms with van der Waals surface area (Å²) in [7, 11) is 3.17. The highest BCUT2D eigenvalue weighted by molar-refractivity contribution is 5.93. The fourth-order valence-electron chi connectivity index (χ4n) is 3.31. The van der Waals surface area contributed by atoms with Gasteiger partial charge in [-0.3, -0.25) is 9.59 Å². The maximum absolute atomic E-state index is 12.6. The number of rotatable bonds is 6. The Hall–Kier alpha value is -3.22. The predicted molar refractivity (Wildman–Crippen MR) is 110 cm³/mol. The van der Waals surface area contributed by atoms with Crippen LogP contribution in [0.2, 0.25) is 0 Å².